The Kier molecular flexibility index (Phi) is 2.32. The van der Waals surface area contributed by atoms with E-state index in [2.05, 4.69) is 25.2 Å². The minimum atomic E-state index is 0.485. The molecule has 1 aromatic rings. The first-order valence-corrected chi connectivity index (χ1v) is 3.52. The number of anilines is 1. The lowest BCUT2D eigenvalue weighted by atomic mass is 10.3. The molecule has 53 valence electrons. The second-order valence-corrected chi connectivity index (χ2v) is 2.58. The number of hydrogen-bond donors (Lipinski definition) is 1. The molecular formula is C9H12N. The van der Waals surface area contributed by atoms with Crippen molar-refractivity contribution in [2.75, 3.05) is 5.32 Å². The summed E-state index contributed by atoms with van der Waals surface area (Å²) in [7, 11) is 0. The molecule has 1 radical (unpaired) electrons. The van der Waals surface area contributed by atoms with Crippen molar-refractivity contribution in [3.63, 3.8) is 0 Å². The fourth-order valence-corrected chi connectivity index (χ4v) is 0.794. The van der Waals surface area contributed by atoms with Crippen LogP contribution in [0, 0.1) is 6.07 Å². The van der Waals surface area contributed by atoms with E-state index in [9.17, 15) is 0 Å². The summed E-state index contributed by atoms with van der Waals surface area (Å²) >= 11 is 0. The second kappa shape index (κ2) is 3.25. The number of para-hydroxylation sites is 1. The van der Waals surface area contributed by atoms with Gasteiger partial charge in [0.05, 0.1) is 0 Å². The Morgan fingerprint density at radius 2 is 2.20 bits per heavy atom. The van der Waals surface area contributed by atoms with Crippen LogP contribution in [0.5, 0.6) is 0 Å². The zero-order chi connectivity index (χ0) is 7.40. The molecule has 0 saturated heterocycles. The molecule has 1 N–H and O–H groups in total. The summed E-state index contributed by atoms with van der Waals surface area (Å²) in [5.41, 5.74) is 1.07. The zero-order valence-electron chi connectivity index (χ0n) is 6.39. The van der Waals surface area contributed by atoms with Gasteiger partial charge in [-0.1, -0.05) is 18.2 Å². The van der Waals surface area contributed by atoms with Crippen molar-refractivity contribution in [1.29, 1.82) is 0 Å². The predicted octanol–water partition coefficient (Wildman–Crippen LogP) is 2.31. The van der Waals surface area contributed by atoms with E-state index in [-0.39, 0.29) is 0 Å². The van der Waals surface area contributed by atoms with Crippen molar-refractivity contribution in [2.45, 2.75) is 19.9 Å². The van der Waals surface area contributed by atoms with Crippen molar-refractivity contribution in [3.05, 3.63) is 30.3 Å². The highest BCUT2D eigenvalue weighted by molar-refractivity contribution is 5.41. The summed E-state index contributed by atoms with van der Waals surface area (Å²) in [4.78, 5) is 0. The van der Waals surface area contributed by atoms with E-state index in [1.807, 2.05) is 24.3 Å². The first kappa shape index (κ1) is 7.13. The Balaban J connectivity index is 2.59. The number of hydrogen-bond acceptors (Lipinski definition) is 1. The van der Waals surface area contributed by atoms with Crippen LogP contribution in [-0.2, 0) is 0 Å². The molecule has 1 rings (SSSR count). The summed E-state index contributed by atoms with van der Waals surface area (Å²) in [5.74, 6) is 0. The van der Waals surface area contributed by atoms with E-state index in [0.717, 1.165) is 5.69 Å². The molecule has 0 bridgehead atoms. The summed E-state index contributed by atoms with van der Waals surface area (Å²) < 4.78 is 0. The smallest absolute Gasteiger partial charge is 0.0422 e. The van der Waals surface area contributed by atoms with Crippen molar-refractivity contribution < 1.29 is 0 Å². The summed E-state index contributed by atoms with van der Waals surface area (Å²) in [5, 5.41) is 3.25. The van der Waals surface area contributed by atoms with E-state index in [1.54, 1.807) is 0 Å². The SMILES string of the molecule is CC(C)Nc1[c]cccc1. The molecule has 0 aliphatic rings. The fourth-order valence-electron chi connectivity index (χ4n) is 0.794. The first-order chi connectivity index (χ1) is 4.79. The molecule has 1 nitrogen and oxygen atoms in total. The Hall–Kier alpha value is -0.980. The van der Waals surface area contributed by atoms with Crippen LogP contribution in [-0.4, -0.2) is 6.04 Å². The van der Waals surface area contributed by atoms with Crippen LogP contribution >= 0.6 is 0 Å². The Morgan fingerprint density at radius 3 is 2.70 bits per heavy atom. The Bertz CT molecular complexity index is 179. The lowest BCUT2D eigenvalue weighted by Crippen LogP contribution is -2.09. The number of nitrogens with one attached hydrogen (secondary N) is 1. The molecule has 0 aliphatic carbocycles. The van der Waals surface area contributed by atoms with Gasteiger partial charge in [0.2, 0.25) is 0 Å². The van der Waals surface area contributed by atoms with Gasteiger partial charge < -0.3 is 5.32 Å². The number of benzene rings is 1. The molecular weight excluding hydrogens is 122 g/mol. The average molecular weight is 134 g/mol. The van der Waals surface area contributed by atoms with Gasteiger partial charge in [-0.25, -0.2) is 0 Å². The molecule has 0 aromatic heterocycles. The van der Waals surface area contributed by atoms with Crippen LogP contribution in [0.15, 0.2) is 24.3 Å². The van der Waals surface area contributed by atoms with Gasteiger partial charge in [-0.2, -0.15) is 0 Å². The maximum Gasteiger partial charge on any atom is 0.0422 e. The molecule has 0 unspecified atom stereocenters. The minimum Gasteiger partial charge on any atom is -0.382 e. The second-order valence-electron chi connectivity index (χ2n) is 2.58. The third-order valence-corrected chi connectivity index (χ3v) is 1.15. The monoisotopic (exact) mass is 134 g/mol. The minimum absolute atomic E-state index is 0.485. The number of rotatable bonds is 2. The van der Waals surface area contributed by atoms with E-state index >= 15 is 0 Å². The van der Waals surface area contributed by atoms with E-state index in [1.165, 1.54) is 0 Å². The fraction of sp³-hybridized carbons (Fsp3) is 0.333. The maximum absolute atomic E-state index is 3.25. The highest BCUT2D eigenvalue weighted by atomic mass is 14.9. The van der Waals surface area contributed by atoms with Crippen molar-refractivity contribution in [2.24, 2.45) is 0 Å². The van der Waals surface area contributed by atoms with Crippen LogP contribution < -0.4 is 5.32 Å². The standard InChI is InChI=1S/C9H12N/c1-8(2)10-9-6-4-3-5-7-9/h3-6,8,10H,1-2H3. The predicted molar refractivity (Wildman–Crippen MR) is 44.0 cm³/mol. The molecule has 0 atom stereocenters. The van der Waals surface area contributed by atoms with Gasteiger partial charge in [0, 0.05) is 17.8 Å². The van der Waals surface area contributed by atoms with E-state index in [4.69, 9.17) is 0 Å². The largest absolute Gasteiger partial charge is 0.382 e. The summed E-state index contributed by atoms with van der Waals surface area (Å²) in [6.45, 7) is 4.22. The molecule has 10 heavy (non-hydrogen) atoms. The molecule has 0 amide bonds. The lowest BCUT2D eigenvalue weighted by molar-refractivity contribution is 0.899. The van der Waals surface area contributed by atoms with Gasteiger partial charge in [0.1, 0.15) is 0 Å². The molecule has 1 heteroatoms. The molecule has 1 aromatic carbocycles. The Labute approximate surface area is 62.1 Å². The third kappa shape index (κ3) is 2.09. The lowest BCUT2D eigenvalue weighted by Gasteiger charge is -2.07. The molecule has 0 aliphatic heterocycles. The summed E-state index contributed by atoms with van der Waals surface area (Å²) in [6, 6.07) is 11.5. The average Bonchev–Trinajstić information content (AvgIpc) is 1.88. The quantitative estimate of drug-likeness (QED) is 0.654. The topological polar surface area (TPSA) is 12.0 Å². The normalized spacial score (nSPS) is 9.90. The van der Waals surface area contributed by atoms with Gasteiger partial charge in [-0.05, 0) is 19.9 Å². The van der Waals surface area contributed by atoms with Crippen LogP contribution in [0.4, 0.5) is 5.69 Å². The van der Waals surface area contributed by atoms with Crippen molar-refractivity contribution >= 4 is 5.69 Å². The van der Waals surface area contributed by atoms with E-state index in [0.29, 0.717) is 6.04 Å². The highest BCUT2D eigenvalue weighted by Gasteiger charge is 1.91. The molecule has 0 saturated carbocycles. The molecule has 0 heterocycles. The van der Waals surface area contributed by atoms with Gasteiger partial charge >= 0.3 is 0 Å². The maximum atomic E-state index is 3.25. The Morgan fingerprint density at radius 1 is 1.40 bits per heavy atom. The van der Waals surface area contributed by atoms with Gasteiger partial charge in [0.15, 0.2) is 0 Å². The van der Waals surface area contributed by atoms with E-state index < -0.39 is 0 Å². The van der Waals surface area contributed by atoms with Crippen LogP contribution in [0.2, 0.25) is 0 Å². The highest BCUT2D eigenvalue weighted by Crippen LogP contribution is 2.04. The van der Waals surface area contributed by atoms with Crippen molar-refractivity contribution in [1.82, 2.24) is 0 Å². The molecule has 0 spiro atoms. The molecule has 0 fully saturated rings. The van der Waals surface area contributed by atoms with Crippen molar-refractivity contribution in [3.8, 4) is 0 Å². The van der Waals surface area contributed by atoms with Gasteiger partial charge in [0.25, 0.3) is 0 Å². The van der Waals surface area contributed by atoms with Gasteiger partial charge in [-0.3, -0.25) is 0 Å². The summed E-state index contributed by atoms with van der Waals surface area (Å²) in [6.07, 6.45) is 0. The van der Waals surface area contributed by atoms with Gasteiger partial charge in [-0.15, -0.1) is 0 Å². The third-order valence-electron chi connectivity index (χ3n) is 1.15. The van der Waals surface area contributed by atoms with Crippen LogP contribution in [0.3, 0.4) is 0 Å². The first-order valence-electron chi connectivity index (χ1n) is 3.52. The van der Waals surface area contributed by atoms with Crippen LogP contribution in [0.25, 0.3) is 0 Å². The van der Waals surface area contributed by atoms with Crippen LogP contribution in [0.1, 0.15) is 13.8 Å². The zero-order valence-corrected chi connectivity index (χ0v) is 6.39.